The van der Waals surface area contributed by atoms with Gasteiger partial charge in [-0.3, -0.25) is 0 Å². The second-order valence-electron chi connectivity index (χ2n) is 3.17. The van der Waals surface area contributed by atoms with Gasteiger partial charge in [-0.15, -0.1) is 0 Å². The largest absolute Gasteiger partial charge is 0.311 e. The Morgan fingerprint density at radius 1 is 1.42 bits per heavy atom. The third-order valence-corrected chi connectivity index (χ3v) is 2.09. The van der Waals surface area contributed by atoms with Gasteiger partial charge in [0.05, 0.1) is 0 Å². The fourth-order valence-corrected chi connectivity index (χ4v) is 1.21. The summed E-state index contributed by atoms with van der Waals surface area (Å²) in [6.07, 6.45) is 7.17. The first-order valence-electron chi connectivity index (χ1n) is 4.79. The van der Waals surface area contributed by atoms with E-state index in [2.05, 4.69) is 19.2 Å². The van der Waals surface area contributed by atoms with E-state index in [1.54, 1.807) is 5.54 Å². The fraction of sp³-hybridized carbons (Fsp3) is 0.800. The predicted octanol–water partition coefficient (Wildman–Crippen LogP) is 3.30. The van der Waals surface area contributed by atoms with Gasteiger partial charge in [0, 0.05) is 18.1 Å². The van der Waals surface area contributed by atoms with Crippen LogP contribution in [-0.4, -0.2) is 12.6 Å². The van der Waals surface area contributed by atoms with E-state index < -0.39 is 0 Å². The molecule has 72 valence electrons. The third kappa shape index (κ3) is 8.09. The summed E-state index contributed by atoms with van der Waals surface area (Å²) < 4.78 is 0. The summed E-state index contributed by atoms with van der Waals surface area (Å²) in [5.41, 5.74) is 1.56. The van der Waals surface area contributed by atoms with Gasteiger partial charge >= 0.3 is 0 Å². The fourth-order valence-electron chi connectivity index (χ4n) is 1.12. The number of rotatable bonds is 7. The average Bonchev–Trinajstić information content (AvgIpc) is 2.06. The van der Waals surface area contributed by atoms with Crippen molar-refractivity contribution in [2.45, 2.75) is 45.6 Å². The van der Waals surface area contributed by atoms with Gasteiger partial charge in [-0.25, -0.2) is 0 Å². The van der Waals surface area contributed by atoms with Crippen LogP contribution in [-0.2, 0) is 0 Å². The molecule has 1 atom stereocenters. The zero-order valence-corrected chi connectivity index (χ0v) is 8.90. The normalized spacial score (nSPS) is 13.9. The maximum atomic E-state index is 5.39. The molecule has 0 aliphatic rings. The Kier molecular flexibility index (Phi) is 9.07. The predicted molar refractivity (Wildman–Crippen MR) is 56.6 cm³/mol. The van der Waals surface area contributed by atoms with Crippen molar-refractivity contribution >= 4 is 11.6 Å². The Labute approximate surface area is 81.2 Å². The minimum absolute atomic E-state index is 0.615. The Bertz CT molecular complexity index is 112. The first-order valence-corrected chi connectivity index (χ1v) is 5.23. The van der Waals surface area contributed by atoms with E-state index in [9.17, 15) is 0 Å². The molecule has 12 heavy (non-hydrogen) atoms. The molecule has 0 aliphatic carbocycles. The summed E-state index contributed by atoms with van der Waals surface area (Å²) in [7, 11) is 0. The molecular formula is C10H20ClN. The molecule has 0 spiro atoms. The lowest BCUT2D eigenvalue weighted by Crippen LogP contribution is -2.25. The average molecular weight is 190 g/mol. The lowest BCUT2D eigenvalue weighted by molar-refractivity contribution is 0.509. The molecule has 0 bridgehead atoms. The van der Waals surface area contributed by atoms with Crippen molar-refractivity contribution in [1.82, 2.24) is 5.32 Å². The number of unbranched alkanes of at least 4 members (excludes halogenated alkanes) is 2. The first-order chi connectivity index (χ1) is 5.81. The van der Waals surface area contributed by atoms with Crippen molar-refractivity contribution < 1.29 is 0 Å². The molecule has 2 heteroatoms. The smallest absolute Gasteiger partial charge is 0.0148 e. The molecule has 1 N–H and O–H groups in total. The van der Waals surface area contributed by atoms with Crippen LogP contribution in [0.1, 0.15) is 39.5 Å². The van der Waals surface area contributed by atoms with Crippen molar-refractivity contribution in [3.63, 3.8) is 0 Å². The quantitative estimate of drug-likeness (QED) is 0.606. The van der Waals surface area contributed by atoms with E-state index in [-0.39, 0.29) is 0 Å². The molecule has 0 aromatic heterocycles. The minimum Gasteiger partial charge on any atom is -0.311 e. The van der Waals surface area contributed by atoms with Crippen LogP contribution < -0.4 is 5.32 Å². The molecule has 0 heterocycles. The molecular weight excluding hydrogens is 170 g/mol. The van der Waals surface area contributed by atoms with Gasteiger partial charge in [0.25, 0.3) is 0 Å². The van der Waals surface area contributed by atoms with E-state index in [0.717, 1.165) is 6.54 Å². The van der Waals surface area contributed by atoms with Crippen molar-refractivity contribution in [1.29, 1.82) is 0 Å². The highest BCUT2D eigenvalue weighted by atomic mass is 35.5. The SMILES string of the molecule is CCCCCC(C)NC/C=C/Cl. The lowest BCUT2D eigenvalue weighted by Gasteiger charge is -2.11. The molecule has 0 rings (SSSR count). The van der Waals surface area contributed by atoms with Gasteiger partial charge in [0.15, 0.2) is 0 Å². The van der Waals surface area contributed by atoms with Gasteiger partial charge in [0.1, 0.15) is 0 Å². The molecule has 0 saturated heterocycles. The van der Waals surface area contributed by atoms with Crippen molar-refractivity contribution in [2.24, 2.45) is 0 Å². The van der Waals surface area contributed by atoms with Crippen LogP contribution in [0.15, 0.2) is 11.6 Å². The Balaban J connectivity index is 3.15. The molecule has 0 saturated carbocycles. The van der Waals surface area contributed by atoms with Crippen LogP contribution in [0.3, 0.4) is 0 Å². The van der Waals surface area contributed by atoms with Crippen molar-refractivity contribution in [2.75, 3.05) is 6.54 Å². The van der Waals surface area contributed by atoms with Gasteiger partial charge in [-0.05, 0) is 13.3 Å². The van der Waals surface area contributed by atoms with E-state index in [1.807, 2.05) is 6.08 Å². The van der Waals surface area contributed by atoms with Crippen molar-refractivity contribution in [3.05, 3.63) is 11.6 Å². The van der Waals surface area contributed by atoms with Crippen LogP contribution >= 0.6 is 11.6 Å². The third-order valence-electron chi connectivity index (χ3n) is 1.91. The standard InChI is InChI=1S/C10H20ClN/c1-3-4-5-7-10(2)12-9-6-8-11/h6,8,10,12H,3-5,7,9H2,1-2H3/b8-6+. The van der Waals surface area contributed by atoms with Crippen LogP contribution in [0.4, 0.5) is 0 Å². The molecule has 1 nitrogen and oxygen atoms in total. The van der Waals surface area contributed by atoms with Gasteiger partial charge in [0.2, 0.25) is 0 Å². The topological polar surface area (TPSA) is 12.0 Å². The number of halogens is 1. The van der Waals surface area contributed by atoms with E-state index in [1.165, 1.54) is 25.7 Å². The summed E-state index contributed by atoms with van der Waals surface area (Å²) in [5.74, 6) is 0. The number of hydrogen-bond acceptors (Lipinski definition) is 1. The van der Waals surface area contributed by atoms with Gasteiger partial charge in [-0.1, -0.05) is 43.9 Å². The molecule has 1 unspecified atom stereocenters. The highest BCUT2D eigenvalue weighted by molar-refractivity contribution is 6.25. The first kappa shape index (κ1) is 12.0. The molecule has 0 aliphatic heterocycles. The minimum atomic E-state index is 0.615. The highest BCUT2D eigenvalue weighted by Crippen LogP contribution is 2.02. The highest BCUT2D eigenvalue weighted by Gasteiger charge is 1.97. The monoisotopic (exact) mass is 189 g/mol. The molecule has 0 radical (unpaired) electrons. The second kappa shape index (κ2) is 9.08. The Morgan fingerprint density at radius 2 is 2.17 bits per heavy atom. The lowest BCUT2D eigenvalue weighted by atomic mass is 10.1. The number of hydrogen-bond donors (Lipinski definition) is 1. The summed E-state index contributed by atoms with van der Waals surface area (Å²) in [4.78, 5) is 0. The summed E-state index contributed by atoms with van der Waals surface area (Å²) >= 11 is 5.39. The number of nitrogens with one attached hydrogen (secondary N) is 1. The second-order valence-corrected chi connectivity index (χ2v) is 3.42. The van der Waals surface area contributed by atoms with Gasteiger partial charge < -0.3 is 5.32 Å². The maximum absolute atomic E-state index is 5.39. The van der Waals surface area contributed by atoms with Crippen LogP contribution in [0.25, 0.3) is 0 Å². The van der Waals surface area contributed by atoms with E-state index >= 15 is 0 Å². The Hall–Kier alpha value is -0.0100. The van der Waals surface area contributed by atoms with E-state index in [0.29, 0.717) is 6.04 Å². The zero-order chi connectivity index (χ0) is 9.23. The summed E-state index contributed by atoms with van der Waals surface area (Å²) in [6.45, 7) is 5.34. The summed E-state index contributed by atoms with van der Waals surface area (Å²) in [6, 6.07) is 0.615. The van der Waals surface area contributed by atoms with Gasteiger partial charge in [-0.2, -0.15) is 0 Å². The Morgan fingerprint density at radius 3 is 2.75 bits per heavy atom. The van der Waals surface area contributed by atoms with E-state index in [4.69, 9.17) is 11.6 Å². The van der Waals surface area contributed by atoms with Crippen LogP contribution in [0.5, 0.6) is 0 Å². The van der Waals surface area contributed by atoms with Crippen LogP contribution in [0, 0.1) is 0 Å². The maximum Gasteiger partial charge on any atom is 0.0148 e. The zero-order valence-electron chi connectivity index (χ0n) is 8.15. The summed E-state index contributed by atoms with van der Waals surface area (Å²) in [5, 5.41) is 3.37. The van der Waals surface area contributed by atoms with Crippen LogP contribution in [0.2, 0.25) is 0 Å². The molecule has 0 aromatic carbocycles. The molecule has 0 fully saturated rings. The molecule has 0 amide bonds. The molecule has 0 aromatic rings. The van der Waals surface area contributed by atoms with Crippen molar-refractivity contribution in [3.8, 4) is 0 Å².